The number of hydrogen-bond acceptors (Lipinski definition) is 5. The zero-order chi connectivity index (χ0) is 29.9. The summed E-state index contributed by atoms with van der Waals surface area (Å²) in [5.74, 6) is -0.0754. The molecular formula is C34H33N3O4S. The third-order valence-electron chi connectivity index (χ3n) is 6.24. The average molecular weight is 580 g/mol. The molecule has 0 saturated heterocycles. The van der Waals surface area contributed by atoms with Gasteiger partial charge < -0.3 is 20.7 Å². The smallest absolute Gasteiger partial charge is 0.272 e. The largest absolute Gasteiger partial charge is 0.494 e. The molecule has 0 aliphatic heterocycles. The highest BCUT2D eigenvalue weighted by Gasteiger charge is 2.16. The molecule has 0 aromatic heterocycles. The summed E-state index contributed by atoms with van der Waals surface area (Å²) in [6.07, 6.45) is 1.61. The van der Waals surface area contributed by atoms with E-state index in [0.29, 0.717) is 23.6 Å². The number of amides is 3. The van der Waals surface area contributed by atoms with Crippen LogP contribution in [-0.2, 0) is 9.59 Å². The molecule has 7 nitrogen and oxygen atoms in total. The van der Waals surface area contributed by atoms with E-state index in [0.717, 1.165) is 27.3 Å². The van der Waals surface area contributed by atoms with Gasteiger partial charge in [0.1, 0.15) is 11.4 Å². The van der Waals surface area contributed by atoms with Crippen LogP contribution in [-0.4, -0.2) is 30.1 Å². The monoisotopic (exact) mass is 579 g/mol. The number of thioether (sulfide) groups is 1. The van der Waals surface area contributed by atoms with E-state index in [1.807, 2.05) is 63.2 Å². The van der Waals surface area contributed by atoms with Gasteiger partial charge in [-0.2, -0.15) is 0 Å². The first-order valence-corrected chi connectivity index (χ1v) is 14.5. The summed E-state index contributed by atoms with van der Waals surface area (Å²) in [7, 11) is 0. The van der Waals surface area contributed by atoms with Crippen LogP contribution in [0.25, 0.3) is 6.08 Å². The fraction of sp³-hybridized carbons (Fsp3) is 0.147. The molecule has 214 valence electrons. The van der Waals surface area contributed by atoms with Gasteiger partial charge in [0.15, 0.2) is 0 Å². The number of hydrogen-bond donors (Lipinski definition) is 3. The Hall–Kier alpha value is -4.82. The standard InChI is InChI=1S/C34H33N3O4S/c1-4-41-28-18-16-25(17-19-28)20-30(36-33(39)26-12-6-5-7-13-26)34(40)35-27-14-9-15-29(21-27)42-22-31(38)37-32-23(2)10-8-11-24(32)3/h5-21H,4,22H2,1-3H3,(H,35,40)(H,36,39)(H,37,38)/b30-20+. The lowest BCUT2D eigenvalue weighted by atomic mass is 10.1. The fourth-order valence-corrected chi connectivity index (χ4v) is 4.89. The Bertz CT molecular complexity index is 1560. The van der Waals surface area contributed by atoms with Crippen molar-refractivity contribution in [1.29, 1.82) is 0 Å². The molecule has 8 heteroatoms. The van der Waals surface area contributed by atoms with Gasteiger partial charge in [-0.25, -0.2) is 0 Å². The predicted molar refractivity (Wildman–Crippen MR) is 170 cm³/mol. The highest BCUT2D eigenvalue weighted by molar-refractivity contribution is 8.00. The topological polar surface area (TPSA) is 96.5 Å². The maximum atomic E-state index is 13.4. The molecule has 4 aromatic carbocycles. The molecule has 0 aliphatic rings. The normalized spacial score (nSPS) is 11.0. The molecule has 0 heterocycles. The van der Waals surface area contributed by atoms with Crippen molar-refractivity contribution >= 4 is 46.9 Å². The number of carbonyl (C=O) groups excluding carboxylic acids is 3. The number of aryl methyl sites for hydroxylation is 2. The molecule has 0 saturated carbocycles. The quantitative estimate of drug-likeness (QED) is 0.134. The summed E-state index contributed by atoms with van der Waals surface area (Å²) in [5.41, 5.74) is 4.61. The minimum Gasteiger partial charge on any atom is -0.494 e. The maximum Gasteiger partial charge on any atom is 0.272 e. The Balaban J connectivity index is 1.46. The number of anilines is 2. The first kappa shape index (κ1) is 30.1. The third-order valence-corrected chi connectivity index (χ3v) is 7.23. The van der Waals surface area contributed by atoms with E-state index in [9.17, 15) is 14.4 Å². The molecule has 0 bridgehead atoms. The molecule has 0 atom stereocenters. The van der Waals surface area contributed by atoms with Crippen LogP contribution in [0.15, 0.2) is 108 Å². The lowest BCUT2D eigenvalue weighted by molar-refractivity contribution is -0.114. The first-order valence-electron chi connectivity index (χ1n) is 13.5. The Morgan fingerprint density at radius 2 is 1.50 bits per heavy atom. The summed E-state index contributed by atoms with van der Waals surface area (Å²) >= 11 is 1.37. The van der Waals surface area contributed by atoms with Crippen LogP contribution >= 0.6 is 11.8 Å². The van der Waals surface area contributed by atoms with E-state index in [-0.39, 0.29) is 17.4 Å². The lowest BCUT2D eigenvalue weighted by Gasteiger charge is -2.13. The second kappa shape index (κ2) is 14.7. The molecule has 4 rings (SSSR count). The van der Waals surface area contributed by atoms with Crippen LogP contribution in [0.4, 0.5) is 11.4 Å². The van der Waals surface area contributed by atoms with E-state index in [1.54, 1.807) is 60.7 Å². The van der Waals surface area contributed by atoms with Crippen molar-refractivity contribution in [3.8, 4) is 5.75 Å². The Labute approximate surface area is 250 Å². The van der Waals surface area contributed by atoms with Gasteiger partial charge >= 0.3 is 0 Å². The Morgan fingerprint density at radius 1 is 0.810 bits per heavy atom. The van der Waals surface area contributed by atoms with E-state index < -0.39 is 11.8 Å². The van der Waals surface area contributed by atoms with E-state index in [2.05, 4.69) is 16.0 Å². The van der Waals surface area contributed by atoms with Crippen molar-refractivity contribution < 1.29 is 19.1 Å². The summed E-state index contributed by atoms with van der Waals surface area (Å²) in [6, 6.07) is 29.0. The minimum absolute atomic E-state index is 0.0825. The van der Waals surface area contributed by atoms with Gasteiger partial charge in [-0.15, -0.1) is 11.8 Å². The lowest BCUT2D eigenvalue weighted by Crippen LogP contribution is -2.30. The van der Waals surface area contributed by atoms with Crippen molar-refractivity contribution in [2.75, 3.05) is 23.0 Å². The summed E-state index contributed by atoms with van der Waals surface area (Å²) in [5, 5.41) is 8.61. The molecule has 0 aliphatic carbocycles. The second-order valence-corrected chi connectivity index (χ2v) is 10.5. The number of benzene rings is 4. The zero-order valence-corrected chi connectivity index (χ0v) is 24.6. The fourth-order valence-electron chi connectivity index (χ4n) is 4.13. The van der Waals surface area contributed by atoms with Crippen LogP contribution in [0.2, 0.25) is 0 Å². The molecule has 0 radical (unpaired) electrons. The molecule has 3 N–H and O–H groups in total. The minimum atomic E-state index is -0.483. The maximum absolute atomic E-state index is 13.4. The number of para-hydroxylation sites is 1. The zero-order valence-electron chi connectivity index (χ0n) is 23.8. The first-order chi connectivity index (χ1) is 20.3. The summed E-state index contributed by atoms with van der Waals surface area (Å²) < 4.78 is 5.50. The second-order valence-electron chi connectivity index (χ2n) is 9.47. The molecule has 42 heavy (non-hydrogen) atoms. The van der Waals surface area contributed by atoms with Gasteiger partial charge in [-0.05, 0) is 86.0 Å². The van der Waals surface area contributed by atoms with E-state index >= 15 is 0 Å². The SMILES string of the molecule is CCOc1ccc(/C=C(/NC(=O)c2ccccc2)C(=O)Nc2cccc(SCC(=O)Nc3c(C)cccc3C)c2)cc1. The van der Waals surface area contributed by atoms with Crippen LogP contribution in [0.5, 0.6) is 5.75 Å². The number of nitrogens with one attached hydrogen (secondary N) is 3. The van der Waals surface area contributed by atoms with Gasteiger partial charge in [0.05, 0.1) is 12.4 Å². The molecular weight excluding hydrogens is 546 g/mol. The number of carbonyl (C=O) groups is 3. The van der Waals surface area contributed by atoms with E-state index in [1.165, 1.54) is 11.8 Å². The van der Waals surface area contributed by atoms with Gasteiger partial charge in [0, 0.05) is 21.8 Å². The highest BCUT2D eigenvalue weighted by atomic mass is 32.2. The third kappa shape index (κ3) is 8.59. The molecule has 4 aromatic rings. The average Bonchev–Trinajstić information content (AvgIpc) is 2.99. The number of rotatable bonds is 11. The van der Waals surface area contributed by atoms with Crippen LogP contribution in [0.1, 0.15) is 34.0 Å². The van der Waals surface area contributed by atoms with Crippen molar-refractivity contribution in [3.63, 3.8) is 0 Å². The van der Waals surface area contributed by atoms with Crippen molar-refractivity contribution in [2.24, 2.45) is 0 Å². The van der Waals surface area contributed by atoms with E-state index in [4.69, 9.17) is 4.74 Å². The number of ether oxygens (including phenoxy) is 1. The van der Waals surface area contributed by atoms with Crippen molar-refractivity contribution in [1.82, 2.24) is 5.32 Å². The van der Waals surface area contributed by atoms with Gasteiger partial charge in [0.25, 0.3) is 11.8 Å². The van der Waals surface area contributed by atoms with Crippen LogP contribution in [0, 0.1) is 13.8 Å². The van der Waals surface area contributed by atoms with Crippen molar-refractivity contribution in [3.05, 3.63) is 125 Å². The van der Waals surface area contributed by atoms with Gasteiger partial charge in [-0.3, -0.25) is 14.4 Å². The molecule has 3 amide bonds. The van der Waals surface area contributed by atoms with Crippen molar-refractivity contribution in [2.45, 2.75) is 25.7 Å². The summed E-state index contributed by atoms with van der Waals surface area (Å²) in [4.78, 5) is 39.8. The molecule has 0 fully saturated rings. The molecule has 0 spiro atoms. The molecule has 0 unspecified atom stereocenters. The van der Waals surface area contributed by atoms with Gasteiger partial charge in [-0.1, -0.05) is 54.6 Å². The van der Waals surface area contributed by atoms with Crippen LogP contribution < -0.4 is 20.7 Å². The van der Waals surface area contributed by atoms with Crippen LogP contribution in [0.3, 0.4) is 0 Å². The summed E-state index contributed by atoms with van der Waals surface area (Å²) in [6.45, 7) is 6.37. The van der Waals surface area contributed by atoms with Gasteiger partial charge in [0.2, 0.25) is 5.91 Å². The Morgan fingerprint density at radius 3 is 2.19 bits per heavy atom. The predicted octanol–water partition coefficient (Wildman–Crippen LogP) is 6.84. The highest BCUT2D eigenvalue weighted by Crippen LogP contribution is 2.24. The Kier molecular flexibility index (Phi) is 10.6.